The molecular weight excluding hydrogens is 358 g/mol. The second kappa shape index (κ2) is 6.88. The van der Waals surface area contributed by atoms with Crippen molar-refractivity contribution in [2.75, 3.05) is 0 Å². The van der Waals surface area contributed by atoms with Gasteiger partial charge in [-0.3, -0.25) is 10.1 Å². The molecule has 0 saturated carbocycles. The van der Waals surface area contributed by atoms with Crippen LogP contribution in [0, 0.1) is 10.1 Å². The first-order valence-corrected chi connectivity index (χ1v) is 8.38. The summed E-state index contributed by atoms with van der Waals surface area (Å²) >= 11 is 0. The van der Waals surface area contributed by atoms with E-state index in [1.165, 1.54) is 24.3 Å². The maximum Gasteiger partial charge on any atom is 0.335 e. The summed E-state index contributed by atoms with van der Waals surface area (Å²) in [5, 5.41) is 20.2. The molecule has 1 aromatic heterocycles. The monoisotopic (exact) mass is 371 g/mol. The number of non-ortho nitro benzene ring substituents is 1. The molecule has 7 nitrogen and oxygen atoms in total. The lowest BCUT2D eigenvalue weighted by Gasteiger charge is -2.11. The number of benzene rings is 3. The van der Waals surface area contributed by atoms with Crippen LogP contribution in [0.5, 0.6) is 0 Å². The fourth-order valence-corrected chi connectivity index (χ4v) is 2.93. The third-order valence-electron chi connectivity index (χ3n) is 4.31. The Balaban J connectivity index is 1.97. The first kappa shape index (κ1) is 17.3. The molecule has 0 aliphatic heterocycles. The Morgan fingerprint density at radius 3 is 2.04 bits per heavy atom. The minimum absolute atomic E-state index is 0.0214. The van der Waals surface area contributed by atoms with Crippen LogP contribution in [0.4, 0.5) is 5.69 Å². The van der Waals surface area contributed by atoms with Gasteiger partial charge in [-0.2, -0.15) is 0 Å². The van der Waals surface area contributed by atoms with Crippen LogP contribution in [-0.2, 0) is 0 Å². The third kappa shape index (κ3) is 3.16. The summed E-state index contributed by atoms with van der Waals surface area (Å²) in [6.07, 6.45) is 0. The summed E-state index contributed by atoms with van der Waals surface area (Å²) in [5.41, 5.74) is 3.73. The second-order valence-electron chi connectivity index (χ2n) is 6.10. The molecule has 0 fully saturated rings. The Hall–Kier alpha value is -4.13. The van der Waals surface area contributed by atoms with Gasteiger partial charge in [0.25, 0.3) is 5.69 Å². The van der Waals surface area contributed by atoms with Crippen molar-refractivity contribution in [2.24, 2.45) is 0 Å². The predicted octanol–water partition coefficient (Wildman–Crippen LogP) is 4.57. The number of nitro benzene ring substituents is 1. The van der Waals surface area contributed by atoms with Crippen LogP contribution in [0.2, 0.25) is 0 Å². The lowest BCUT2D eigenvalue weighted by atomic mass is 10.0. The second-order valence-corrected chi connectivity index (χ2v) is 6.10. The zero-order chi connectivity index (χ0) is 19.7. The van der Waals surface area contributed by atoms with Gasteiger partial charge >= 0.3 is 5.97 Å². The van der Waals surface area contributed by atoms with Crippen molar-refractivity contribution < 1.29 is 14.8 Å². The number of rotatable bonds is 4. The number of hydrogen-bond acceptors (Lipinski definition) is 5. The lowest BCUT2D eigenvalue weighted by molar-refractivity contribution is -0.384. The van der Waals surface area contributed by atoms with Gasteiger partial charge in [0.15, 0.2) is 0 Å². The Morgan fingerprint density at radius 1 is 0.821 bits per heavy atom. The molecule has 0 radical (unpaired) electrons. The van der Waals surface area contributed by atoms with E-state index in [1.54, 1.807) is 18.2 Å². The van der Waals surface area contributed by atoms with E-state index in [-0.39, 0.29) is 11.3 Å². The smallest absolute Gasteiger partial charge is 0.335 e. The standard InChI is InChI=1S/C21H13N3O4/c25-21(26)15-8-11-17-18(12-15)23-20(14-6-9-16(10-7-14)24(27)28)19(22-17)13-4-2-1-3-5-13/h1-12H,(H,25,26). The van der Waals surface area contributed by atoms with Crippen LogP contribution in [0.25, 0.3) is 33.5 Å². The number of carboxylic acid groups (broad SMARTS) is 1. The molecule has 4 aromatic rings. The van der Waals surface area contributed by atoms with E-state index in [0.29, 0.717) is 28.0 Å². The van der Waals surface area contributed by atoms with E-state index in [0.717, 1.165) is 5.56 Å². The van der Waals surface area contributed by atoms with E-state index in [1.807, 2.05) is 30.3 Å². The van der Waals surface area contributed by atoms with E-state index >= 15 is 0 Å². The number of aromatic carboxylic acids is 1. The van der Waals surface area contributed by atoms with Crippen molar-refractivity contribution in [3.63, 3.8) is 0 Å². The van der Waals surface area contributed by atoms with Gasteiger partial charge in [-0.25, -0.2) is 14.8 Å². The topological polar surface area (TPSA) is 106 Å². The molecule has 0 aliphatic carbocycles. The first-order valence-electron chi connectivity index (χ1n) is 8.38. The van der Waals surface area contributed by atoms with E-state index in [2.05, 4.69) is 4.98 Å². The number of carbonyl (C=O) groups is 1. The Bertz CT molecular complexity index is 1210. The molecule has 0 bridgehead atoms. The zero-order valence-electron chi connectivity index (χ0n) is 14.4. The van der Waals surface area contributed by atoms with Gasteiger partial charge in [0.2, 0.25) is 0 Å². The van der Waals surface area contributed by atoms with E-state index < -0.39 is 10.9 Å². The number of nitrogens with zero attached hydrogens (tertiary/aromatic N) is 3. The van der Waals surface area contributed by atoms with Crippen molar-refractivity contribution in [1.82, 2.24) is 9.97 Å². The molecule has 3 aromatic carbocycles. The average molecular weight is 371 g/mol. The molecule has 136 valence electrons. The Labute approximate surface area is 159 Å². The van der Waals surface area contributed by atoms with Gasteiger partial charge in [0.1, 0.15) is 0 Å². The maximum atomic E-state index is 11.3. The van der Waals surface area contributed by atoms with E-state index in [4.69, 9.17) is 4.98 Å². The molecule has 7 heteroatoms. The van der Waals surface area contributed by atoms with Crippen LogP contribution >= 0.6 is 0 Å². The minimum atomic E-state index is -1.05. The zero-order valence-corrected chi connectivity index (χ0v) is 14.4. The van der Waals surface area contributed by atoms with Crippen LogP contribution < -0.4 is 0 Å². The van der Waals surface area contributed by atoms with Gasteiger partial charge < -0.3 is 5.11 Å². The van der Waals surface area contributed by atoms with Crippen LogP contribution in [0.15, 0.2) is 72.8 Å². The molecule has 1 heterocycles. The molecule has 1 N–H and O–H groups in total. The van der Waals surface area contributed by atoms with Crippen molar-refractivity contribution in [3.8, 4) is 22.5 Å². The highest BCUT2D eigenvalue weighted by Crippen LogP contribution is 2.32. The number of aromatic nitrogens is 2. The summed E-state index contributed by atoms with van der Waals surface area (Å²) < 4.78 is 0. The Morgan fingerprint density at radius 2 is 1.43 bits per heavy atom. The van der Waals surface area contributed by atoms with Crippen molar-refractivity contribution in [3.05, 3.63) is 88.5 Å². The summed E-state index contributed by atoms with van der Waals surface area (Å²) in [6.45, 7) is 0. The van der Waals surface area contributed by atoms with Crippen LogP contribution in [0.3, 0.4) is 0 Å². The normalized spacial score (nSPS) is 10.7. The molecular formula is C21H13N3O4. The van der Waals surface area contributed by atoms with Gasteiger partial charge in [0.05, 0.1) is 32.9 Å². The molecule has 0 saturated heterocycles. The highest BCUT2D eigenvalue weighted by molar-refractivity contribution is 5.94. The number of hydrogen-bond donors (Lipinski definition) is 1. The SMILES string of the molecule is O=C(O)c1ccc2nc(-c3ccccc3)c(-c3ccc([N+](=O)[O-])cc3)nc2c1. The summed E-state index contributed by atoms with van der Waals surface area (Å²) in [5.74, 6) is -1.05. The third-order valence-corrected chi connectivity index (χ3v) is 4.31. The summed E-state index contributed by atoms with van der Waals surface area (Å²) in [7, 11) is 0. The van der Waals surface area contributed by atoms with Crippen LogP contribution in [-0.4, -0.2) is 26.0 Å². The van der Waals surface area contributed by atoms with Gasteiger partial charge in [-0.05, 0) is 30.3 Å². The molecule has 28 heavy (non-hydrogen) atoms. The minimum Gasteiger partial charge on any atom is -0.478 e. The maximum absolute atomic E-state index is 11.3. The van der Waals surface area contributed by atoms with Gasteiger partial charge in [-0.1, -0.05) is 30.3 Å². The van der Waals surface area contributed by atoms with Crippen LogP contribution in [0.1, 0.15) is 10.4 Å². The molecule has 0 amide bonds. The highest BCUT2D eigenvalue weighted by Gasteiger charge is 2.15. The molecule has 0 atom stereocenters. The number of fused-ring (bicyclic) bond motifs is 1. The van der Waals surface area contributed by atoms with Gasteiger partial charge in [0, 0.05) is 23.3 Å². The van der Waals surface area contributed by atoms with Crippen molar-refractivity contribution in [1.29, 1.82) is 0 Å². The lowest BCUT2D eigenvalue weighted by Crippen LogP contribution is -1.99. The van der Waals surface area contributed by atoms with Gasteiger partial charge in [-0.15, -0.1) is 0 Å². The quantitative estimate of drug-likeness (QED) is 0.416. The molecule has 0 unspecified atom stereocenters. The molecule has 0 aliphatic rings. The number of nitro groups is 1. The average Bonchev–Trinajstić information content (AvgIpc) is 2.73. The fourth-order valence-electron chi connectivity index (χ4n) is 2.93. The highest BCUT2D eigenvalue weighted by atomic mass is 16.6. The Kier molecular flexibility index (Phi) is 4.25. The summed E-state index contributed by atoms with van der Waals surface area (Å²) in [4.78, 5) is 31.1. The number of carboxylic acids is 1. The summed E-state index contributed by atoms with van der Waals surface area (Å²) in [6, 6.07) is 20.1. The van der Waals surface area contributed by atoms with E-state index in [9.17, 15) is 20.0 Å². The molecule has 4 rings (SSSR count). The first-order chi connectivity index (χ1) is 13.5. The van der Waals surface area contributed by atoms with Crippen molar-refractivity contribution >= 4 is 22.7 Å². The predicted molar refractivity (Wildman–Crippen MR) is 104 cm³/mol. The fraction of sp³-hybridized carbons (Fsp3) is 0. The van der Waals surface area contributed by atoms with Crippen molar-refractivity contribution in [2.45, 2.75) is 0 Å². The largest absolute Gasteiger partial charge is 0.478 e. The molecule has 0 spiro atoms.